The Balaban J connectivity index is 1.56. The summed E-state index contributed by atoms with van der Waals surface area (Å²) in [5.74, 6) is 0.883. The molecule has 0 aromatic heterocycles. The lowest BCUT2D eigenvalue weighted by Crippen LogP contribution is -2.52. The summed E-state index contributed by atoms with van der Waals surface area (Å²) in [7, 11) is 0. The Labute approximate surface area is 190 Å². The lowest BCUT2D eigenvalue weighted by Gasteiger charge is -2.36. The van der Waals surface area contributed by atoms with Gasteiger partial charge in [0.2, 0.25) is 0 Å². The predicted octanol–water partition coefficient (Wildman–Crippen LogP) is 5.96. The maximum absolute atomic E-state index is 10.8. The van der Waals surface area contributed by atoms with E-state index in [2.05, 4.69) is 36.0 Å². The Morgan fingerprint density at radius 3 is 2.38 bits per heavy atom. The number of hydrazine groups is 2. The summed E-state index contributed by atoms with van der Waals surface area (Å²) >= 11 is 0. The van der Waals surface area contributed by atoms with Crippen molar-refractivity contribution in [1.29, 1.82) is 0 Å². The van der Waals surface area contributed by atoms with Gasteiger partial charge in [0.1, 0.15) is 11.5 Å². The van der Waals surface area contributed by atoms with Crippen LogP contribution < -0.4 is 20.7 Å². The second-order valence-corrected chi connectivity index (χ2v) is 7.97. The van der Waals surface area contributed by atoms with Crippen LogP contribution in [0.2, 0.25) is 0 Å². The van der Waals surface area contributed by atoms with Gasteiger partial charge in [0.05, 0.1) is 24.0 Å². The Kier molecular flexibility index (Phi) is 7.31. The molecule has 0 amide bonds. The maximum Gasteiger partial charge on any atom is 0.128 e. The summed E-state index contributed by atoms with van der Waals surface area (Å²) in [6, 6.07) is 25.8. The number of nitrogens with zero attached hydrogens (tertiary/aromatic N) is 1. The highest BCUT2D eigenvalue weighted by molar-refractivity contribution is 5.73. The SMILES string of the molecule is CCCCCCOc1ccc(C2=CC(c3ccccc3)NN(c3ccccc3)N2)c(O)c1. The molecule has 166 valence electrons. The average molecular weight is 430 g/mol. The first-order valence-electron chi connectivity index (χ1n) is 11.4. The molecule has 5 nitrogen and oxygen atoms in total. The highest BCUT2D eigenvalue weighted by Crippen LogP contribution is 2.33. The fourth-order valence-electron chi connectivity index (χ4n) is 3.78. The van der Waals surface area contributed by atoms with Gasteiger partial charge >= 0.3 is 0 Å². The van der Waals surface area contributed by atoms with Crippen LogP contribution in [0, 0.1) is 0 Å². The zero-order valence-electron chi connectivity index (χ0n) is 18.5. The summed E-state index contributed by atoms with van der Waals surface area (Å²) in [5.41, 5.74) is 10.6. The number of anilines is 1. The Bertz CT molecular complexity index is 1020. The number of benzene rings is 3. The van der Waals surface area contributed by atoms with Crippen LogP contribution in [0.5, 0.6) is 11.5 Å². The third-order valence-corrected chi connectivity index (χ3v) is 5.53. The minimum absolute atomic E-state index is 0.0541. The molecule has 1 aliphatic rings. The van der Waals surface area contributed by atoms with Gasteiger partial charge < -0.3 is 9.84 Å². The van der Waals surface area contributed by atoms with Crippen molar-refractivity contribution >= 4 is 11.4 Å². The first-order chi connectivity index (χ1) is 15.7. The van der Waals surface area contributed by atoms with Crippen LogP contribution >= 0.6 is 0 Å². The van der Waals surface area contributed by atoms with Gasteiger partial charge in [0, 0.05) is 11.6 Å². The van der Waals surface area contributed by atoms with E-state index < -0.39 is 0 Å². The van der Waals surface area contributed by atoms with Crippen LogP contribution in [-0.4, -0.2) is 11.7 Å². The summed E-state index contributed by atoms with van der Waals surface area (Å²) in [6.45, 7) is 2.86. The second-order valence-electron chi connectivity index (χ2n) is 7.97. The molecule has 1 unspecified atom stereocenters. The third-order valence-electron chi connectivity index (χ3n) is 5.53. The normalized spacial score (nSPS) is 15.7. The van der Waals surface area contributed by atoms with Crippen molar-refractivity contribution < 1.29 is 9.84 Å². The van der Waals surface area contributed by atoms with Crippen LogP contribution in [0.3, 0.4) is 0 Å². The first kappa shape index (κ1) is 21.8. The molecule has 32 heavy (non-hydrogen) atoms. The molecule has 0 saturated heterocycles. The highest BCUT2D eigenvalue weighted by Gasteiger charge is 2.23. The summed E-state index contributed by atoms with van der Waals surface area (Å²) in [5, 5.41) is 12.7. The fraction of sp³-hybridized carbons (Fsp3) is 0.259. The minimum Gasteiger partial charge on any atom is -0.507 e. The minimum atomic E-state index is -0.0541. The quantitative estimate of drug-likeness (QED) is 0.366. The lowest BCUT2D eigenvalue weighted by atomic mass is 10.0. The van der Waals surface area contributed by atoms with E-state index in [1.165, 1.54) is 19.3 Å². The second kappa shape index (κ2) is 10.7. The Morgan fingerprint density at radius 1 is 0.906 bits per heavy atom. The van der Waals surface area contributed by atoms with Crippen LogP contribution in [0.25, 0.3) is 5.70 Å². The monoisotopic (exact) mass is 429 g/mol. The summed E-state index contributed by atoms with van der Waals surface area (Å²) in [6.07, 6.45) is 6.72. The molecule has 0 aliphatic carbocycles. The highest BCUT2D eigenvalue weighted by atomic mass is 16.5. The van der Waals surface area contributed by atoms with E-state index in [0.29, 0.717) is 12.4 Å². The number of phenolic OH excluding ortho intramolecular Hbond substituents is 1. The molecule has 0 bridgehead atoms. The van der Waals surface area contributed by atoms with Gasteiger partial charge in [0.25, 0.3) is 0 Å². The first-order valence-corrected chi connectivity index (χ1v) is 11.4. The average Bonchev–Trinajstić information content (AvgIpc) is 2.85. The van der Waals surface area contributed by atoms with Gasteiger partial charge in [-0.2, -0.15) is 0 Å². The van der Waals surface area contributed by atoms with Gasteiger partial charge in [-0.15, -0.1) is 0 Å². The number of rotatable bonds is 9. The largest absolute Gasteiger partial charge is 0.507 e. The van der Waals surface area contributed by atoms with E-state index in [9.17, 15) is 5.11 Å². The van der Waals surface area contributed by atoms with Crippen LogP contribution in [0.15, 0.2) is 84.9 Å². The van der Waals surface area contributed by atoms with Crippen molar-refractivity contribution in [2.75, 3.05) is 11.7 Å². The lowest BCUT2D eigenvalue weighted by molar-refractivity contribution is 0.303. The summed E-state index contributed by atoms with van der Waals surface area (Å²) < 4.78 is 5.83. The topological polar surface area (TPSA) is 56.8 Å². The van der Waals surface area contributed by atoms with Gasteiger partial charge in [-0.3, -0.25) is 5.43 Å². The van der Waals surface area contributed by atoms with Crippen LogP contribution in [0.1, 0.15) is 49.8 Å². The molecule has 1 atom stereocenters. The van der Waals surface area contributed by atoms with E-state index in [1.54, 1.807) is 6.07 Å². The van der Waals surface area contributed by atoms with Crippen LogP contribution in [-0.2, 0) is 0 Å². The van der Waals surface area contributed by atoms with E-state index in [0.717, 1.165) is 28.9 Å². The van der Waals surface area contributed by atoms with Gasteiger partial charge in [-0.05, 0) is 42.3 Å². The molecular formula is C27H31N3O2. The number of hydrogen-bond donors (Lipinski definition) is 3. The van der Waals surface area contributed by atoms with Crippen molar-refractivity contribution in [3.05, 3.63) is 96.1 Å². The standard InChI is InChI=1S/C27H31N3O2/c1-2-3-4-11-18-32-23-16-17-24(27(31)19-23)26-20-25(21-12-7-5-8-13-21)28-30(29-26)22-14-9-6-10-15-22/h5-10,12-17,19-20,25,28-29,31H,2-4,11,18H2,1H3. The molecule has 1 aliphatic heterocycles. The van der Waals surface area contributed by atoms with E-state index in [-0.39, 0.29) is 11.8 Å². The Morgan fingerprint density at radius 2 is 1.66 bits per heavy atom. The van der Waals surface area contributed by atoms with Crippen molar-refractivity contribution in [2.45, 2.75) is 38.6 Å². The molecule has 0 fully saturated rings. The zero-order chi connectivity index (χ0) is 22.2. The van der Waals surface area contributed by atoms with Crippen molar-refractivity contribution in [1.82, 2.24) is 10.9 Å². The van der Waals surface area contributed by atoms with E-state index in [4.69, 9.17) is 4.74 Å². The number of phenols is 1. The molecule has 1 heterocycles. The van der Waals surface area contributed by atoms with Gasteiger partial charge in [-0.1, -0.05) is 74.7 Å². The predicted molar refractivity (Wildman–Crippen MR) is 130 cm³/mol. The van der Waals surface area contributed by atoms with Crippen LogP contribution in [0.4, 0.5) is 5.69 Å². The van der Waals surface area contributed by atoms with Crippen molar-refractivity contribution in [3.8, 4) is 11.5 Å². The number of unbranched alkanes of at least 4 members (excludes halogenated alkanes) is 3. The number of para-hydroxylation sites is 1. The van der Waals surface area contributed by atoms with Gasteiger partial charge in [-0.25, -0.2) is 10.5 Å². The van der Waals surface area contributed by atoms with E-state index in [1.807, 2.05) is 65.8 Å². The fourth-order valence-corrected chi connectivity index (χ4v) is 3.78. The molecule has 0 saturated carbocycles. The molecular weight excluding hydrogens is 398 g/mol. The summed E-state index contributed by atoms with van der Waals surface area (Å²) in [4.78, 5) is 0. The molecule has 3 aromatic carbocycles. The molecule has 3 N–H and O–H groups in total. The third kappa shape index (κ3) is 5.42. The van der Waals surface area contributed by atoms with Crippen molar-refractivity contribution in [3.63, 3.8) is 0 Å². The molecule has 3 aromatic rings. The smallest absolute Gasteiger partial charge is 0.128 e. The maximum atomic E-state index is 10.8. The Hall–Kier alpha value is -3.44. The van der Waals surface area contributed by atoms with Crippen molar-refractivity contribution in [2.24, 2.45) is 0 Å². The molecule has 0 radical (unpaired) electrons. The molecule has 4 rings (SSSR count). The zero-order valence-corrected chi connectivity index (χ0v) is 18.5. The molecule has 5 heteroatoms. The number of ether oxygens (including phenoxy) is 1. The molecule has 0 spiro atoms. The van der Waals surface area contributed by atoms with E-state index >= 15 is 0 Å². The van der Waals surface area contributed by atoms with Gasteiger partial charge in [0.15, 0.2) is 0 Å². The number of aromatic hydroxyl groups is 1. The number of nitrogens with one attached hydrogen (secondary N) is 2. The number of hydrogen-bond acceptors (Lipinski definition) is 5.